The van der Waals surface area contributed by atoms with E-state index >= 15 is 0 Å². The first kappa shape index (κ1) is 22.2. The third-order valence-corrected chi connectivity index (χ3v) is 7.78. The molecule has 0 spiro atoms. The summed E-state index contributed by atoms with van der Waals surface area (Å²) in [6, 6.07) is 2.84. The Kier molecular flexibility index (Phi) is 6.01. The number of anilines is 1. The summed E-state index contributed by atoms with van der Waals surface area (Å²) in [5.74, 6) is -0.846. The van der Waals surface area contributed by atoms with Gasteiger partial charge in [0.1, 0.15) is 28.8 Å². The Balaban J connectivity index is 1.48. The molecule has 0 unspecified atom stereocenters. The first-order valence-electron chi connectivity index (χ1n) is 11.4. The molecular weight excluding hydrogens is 446 g/mol. The molecule has 2 aliphatic rings. The van der Waals surface area contributed by atoms with Gasteiger partial charge in [-0.05, 0) is 68.8 Å². The van der Waals surface area contributed by atoms with Crippen molar-refractivity contribution in [3.05, 3.63) is 56.5 Å². The van der Waals surface area contributed by atoms with Crippen LogP contribution in [0.5, 0.6) is 0 Å². The number of hydrogen-bond donors (Lipinski definition) is 1. The molecule has 6 nitrogen and oxygen atoms in total. The Bertz CT molecular complexity index is 1260. The number of fused-ring (bicyclic) bond motifs is 3. The molecule has 0 saturated carbocycles. The minimum absolute atomic E-state index is 0.0163. The van der Waals surface area contributed by atoms with E-state index in [2.05, 4.69) is 17.1 Å². The monoisotopic (exact) mass is 472 g/mol. The predicted molar refractivity (Wildman–Crippen MR) is 125 cm³/mol. The maximum atomic E-state index is 13.6. The van der Waals surface area contributed by atoms with Crippen LogP contribution in [0.15, 0.2) is 23.0 Å². The third-order valence-electron chi connectivity index (χ3n) is 6.59. The zero-order valence-corrected chi connectivity index (χ0v) is 19.3. The predicted octanol–water partition coefficient (Wildman–Crippen LogP) is 4.10. The van der Waals surface area contributed by atoms with E-state index in [9.17, 15) is 18.4 Å². The summed E-state index contributed by atoms with van der Waals surface area (Å²) in [6.45, 7) is 4.31. The number of carbonyl (C=O) groups excluding carboxylic acids is 1. The highest BCUT2D eigenvalue weighted by atomic mass is 32.1. The average Bonchev–Trinajstić information content (AvgIpc) is 3.32. The van der Waals surface area contributed by atoms with E-state index in [-0.39, 0.29) is 17.8 Å². The fourth-order valence-corrected chi connectivity index (χ4v) is 6.06. The molecule has 33 heavy (non-hydrogen) atoms. The molecule has 1 fully saturated rings. The number of nitrogens with one attached hydrogen (secondary N) is 1. The van der Waals surface area contributed by atoms with Crippen LogP contribution in [0.2, 0.25) is 0 Å². The third kappa shape index (κ3) is 4.56. The molecule has 9 heteroatoms. The molecule has 5 rings (SSSR count). The number of halogens is 2. The lowest BCUT2D eigenvalue weighted by Crippen LogP contribution is -2.37. The number of thiophene rings is 1. The number of benzene rings is 1. The zero-order valence-electron chi connectivity index (χ0n) is 18.5. The molecule has 1 aliphatic carbocycles. The van der Waals surface area contributed by atoms with E-state index in [1.165, 1.54) is 9.44 Å². The van der Waals surface area contributed by atoms with E-state index in [0.29, 0.717) is 23.7 Å². The zero-order chi connectivity index (χ0) is 23.1. The number of aromatic nitrogens is 2. The van der Waals surface area contributed by atoms with Gasteiger partial charge in [-0.3, -0.25) is 19.1 Å². The van der Waals surface area contributed by atoms with E-state index in [0.717, 1.165) is 73.8 Å². The second-order valence-electron chi connectivity index (χ2n) is 9.12. The molecular formula is C24H26F2N4O2S. The standard InChI is InChI=1S/C24H26F2N4O2S/c1-14-5-7-29(8-6-14)12-20-28-23-22(18-3-2-4-19(18)33-23)24(32)30(20)13-21(31)27-17-10-15(25)9-16(26)11-17/h9-11,14H,2-8,12-13H2,1H3,(H,27,31). The van der Waals surface area contributed by atoms with Crippen LogP contribution < -0.4 is 10.9 Å². The highest BCUT2D eigenvalue weighted by molar-refractivity contribution is 7.18. The normalized spacial score (nSPS) is 16.9. The first-order chi connectivity index (χ1) is 15.9. The molecule has 1 amide bonds. The number of carbonyl (C=O) groups is 1. The summed E-state index contributed by atoms with van der Waals surface area (Å²) in [4.78, 5) is 35.4. The van der Waals surface area contributed by atoms with Crippen molar-refractivity contribution in [2.45, 2.75) is 52.1 Å². The molecule has 174 valence electrons. The van der Waals surface area contributed by atoms with Crippen molar-refractivity contribution in [2.24, 2.45) is 5.92 Å². The minimum Gasteiger partial charge on any atom is -0.324 e. The molecule has 0 radical (unpaired) electrons. The highest BCUT2D eigenvalue weighted by Crippen LogP contribution is 2.35. The molecule has 1 N–H and O–H groups in total. The van der Waals surface area contributed by atoms with E-state index in [1.54, 1.807) is 11.3 Å². The van der Waals surface area contributed by atoms with Crippen LogP contribution in [0, 0.1) is 17.6 Å². The molecule has 3 heterocycles. The van der Waals surface area contributed by atoms with Crippen molar-refractivity contribution in [3.63, 3.8) is 0 Å². The van der Waals surface area contributed by atoms with Crippen molar-refractivity contribution < 1.29 is 13.6 Å². The molecule has 2 aromatic heterocycles. The first-order valence-corrected chi connectivity index (χ1v) is 12.2. The fourth-order valence-electron chi connectivity index (χ4n) is 4.79. The Morgan fingerprint density at radius 2 is 1.91 bits per heavy atom. The lowest BCUT2D eigenvalue weighted by Gasteiger charge is -2.30. The lowest BCUT2D eigenvalue weighted by molar-refractivity contribution is -0.116. The van der Waals surface area contributed by atoms with Crippen molar-refractivity contribution in [3.8, 4) is 0 Å². The minimum atomic E-state index is -0.778. The molecule has 1 saturated heterocycles. The number of likely N-dealkylation sites (tertiary alicyclic amines) is 1. The van der Waals surface area contributed by atoms with Crippen LogP contribution in [0.3, 0.4) is 0 Å². The summed E-state index contributed by atoms with van der Waals surface area (Å²) >= 11 is 1.58. The topological polar surface area (TPSA) is 67.2 Å². The van der Waals surface area contributed by atoms with Gasteiger partial charge >= 0.3 is 0 Å². The second-order valence-corrected chi connectivity index (χ2v) is 10.2. The average molecular weight is 473 g/mol. The van der Waals surface area contributed by atoms with E-state index < -0.39 is 17.5 Å². The van der Waals surface area contributed by atoms with Crippen molar-refractivity contribution >= 4 is 33.1 Å². The van der Waals surface area contributed by atoms with Crippen LogP contribution in [-0.2, 0) is 30.7 Å². The van der Waals surface area contributed by atoms with Gasteiger partial charge in [-0.15, -0.1) is 11.3 Å². The molecule has 1 aliphatic heterocycles. The van der Waals surface area contributed by atoms with Crippen LogP contribution in [0.25, 0.3) is 10.2 Å². The van der Waals surface area contributed by atoms with E-state index in [1.807, 2.05) is 0 Å². The highest BCUT2D eigenvalue weighted by Gasteiger charge is 2.25. The second kappa shape index (κ2) is 8.95. The Morgan fingerprint density at radius 3 is 2.64 bits per heavy atom. The number of amides is 1. The van der Waals surface area contributed by atoms with Gasteiger partial charge in [-0.2, -0.15) is 0 Å². The summed E-state index contributed by atoms with van der Waals surface area (Å²) in [5.41, 5.74) is 0.870. The van der Waals surface area contributed by atoms with Crippen molar-refractivity contribution in [1.29, 1.82) is 0 Å². The Morgan fingerprint density at radius 1 is 1.18 bits per heavy atom. The Hall–Kier alpha value is -2.65. The lowest BCUT2D eigenvalue weighted by atomic mass is 9.99. The van der Waals surface area contributed by atoms with E-state index in [4.69, 9.17) is 4.98 Å². The molecule has 0 atom stereocenters. The summed E-state index contributed by atoms with van der Waals surface area (Å²) in [7, 11) is 0. The van der Waals surface area contributed by atoms with Gasteiger partial charge in [-0.25, -0.2) is 13.8 Å². The summed E-state index contributed by atoms with van der Waals surface area (Å²) in [5, 5.41) is 3.13. The quantitative estimate of drug-likeness (QED) is 0.607. The molecule has 3 aromatic rings. The maximum absolute atomic E-state index is 13.6. The van der Waals surface area contributed by atoms with Gasteiger partial charge in [0.25, 0.3) is 5.56 Å². The number of aryl methyl sites for hydroxylation is 2. The van der Waals surface area contributed by atoms with Gasteiger partial charge in [0.15, 0.2) is 0 Å². The summed E-state index contributed by atoms with van der Waals surface area (Å²) < 4.78 is 28.5. The number of piperidine rings is 1. The Labute approximate surface area is 194 Å². The number of hydrogen-bond acceptors (Lipinski definition) is 5. The van der Waals surface area contributed by atoms with Crippen LogP contribution in [0.1, 0.15) is 42.5 Å². The molecule has 1 aromatic carbocycles. The smallest absolute Gasteiger partial charge is 0.263 e. The SMILES string of the molecule is CC1CCN(Cc2nc3sc4c(c3c(=O)n2CC(=O)Nc2cc(F)cc(F)c2)CCC4)CC1. The molecule has 0 bridgehead atoms. The van der Waals surface area contributed by atoms with Gasteiger partial charge in [0.2, 0.25) is 5.91 Å². The van der Waals surface area contributed by atoms with Crippen LogP contribution in [0.4, 0.5) is 14.5 Å². The van der Waals surface area contributed by atoms with Crippen LogP contribution in [-0.4, -0.2) is 33.4 Å². The largest absolute Gasteiger partial charge is 0.324 e. The number of nitrogens with zero attached hydrogens (tertiary/aromatic N) is 3. The van der Waals surface area contributed by atoms with Crippen molar-refractivity contribution in [1.82, 2.24) is 14.5 Å². The van der Waals surface area contributed by atoms with Gasteiger partial charge in [0, 0.05) is 16.6 Å². The van der Waals surface area contributed by atoms with Gasteiger partial charge in [0.05, 0.1) is 11.9 Å². The van der Waals surface area contributed by atoms with Gasteiger partial charge < -0.3 is 5.32 Å². The number of rotatable bonds is 5. The van der Waals surface area contributed by atoms with Gasteiger partial charge in [-0.1, -0.05) is 6.92 Å². The summed E-state index contributed by atoms with van der Waals surface area (Å²) in [6.07, 6.45) is 5.01. The fraction of sp³-hybridized carbons (Fsp3) is 0.458. The van der Waals surface area contributed by atoms with Crippen molar-refractivity contribution in [2.75, 3.05) is 18.4 Å². The van der Waals surface area contributed by atoms with Crippen LogP contribution >= 0.6 is 11.3 Å². The maximum Gasteiger partial charge on any atom is 0.263 e.